The predicted molar refractivity (Wildman–Crippen MR) is 87.7 cm³/mol. The number of rotatable bonds is 5. The quantitative estimate of drug-likeness (QED) is 0.664. The maximum Gasteiger partial charge on any atom is 0.281 e. The second kappa shape index (κ2) is 7.32. The zero-order chi connectivity index (χ0) is 17.3. The van der Waals surface area contributed by atoms with E-state index in [0.717, 1.165) is 0 Å². The van der Waals surface area contributed by atoms with Gasteiger partial charge in [-0.15, -0.1) is 0 Å². The fourth-order valence-corrected chi connectivity index (χ4v) is 6.45. The highest BCUT2D eigenvalue weighted by molar-refractivity contribution is 7.90. The van der Waals surface area contributed by atoms with Gasteiger partial charge in [0.15, 0.2) is 0 Å². The minimum atomic E-state index is -3.63. The number of morpholine rings is 1. The summed E-state index contributed by atoms with van der Waals surface area (Å²) in [5.41, 5.74) is 0. The second-order valence-electron chi connectivity index (χ2n) is 6.30. The molecule has 2 heterocycles. The molecule has 10 heteroatoms. The van der Waals surface area contributed by atoms with Gasteiger partial charge >= 0.3 is 0 Å². The third-order valence-corrected chi connectivity index (χ3v) is 8.96. The monoisotopic (exact) mass is 369 g/mol. The Morgan fingerprint density at radius 2 is 1.65 bits per heavy atom. The third-order valence-electron chi connectivity index (χ3n) is 4.51. The summed E-state index contributed by atoms with van der Waals surface area (Å²) < 4.78 is 59.9. The minimum Gasteiger partial charge on any atom is -0.379 e. The summed E-state index contributed by atoms with van der Waals surface area (Å²) in [6.45, 7) is 5.46. The van der Waals surface area contributed by atoms with E-state index >= 15 is 0 Å². The molecule has 2 saturated heterocycles. The van der Waals surface area contributed by atoms with Crippen LogP contribution in [0.25, 0.3) is 0 Å². The molecule has 2 rings (SSSR count). The average molecular weight is 370 g/mol. The first kappa shape index (κ1) is 19.1. The van der Waals surface area contributed by atoms with Gasteiger partial charge in [-0.25, -0.2) is 8.42 Å². The molecule has 1 unspecified atom stereocenters. The van der Waals surface area contributed by atoms with E-state index in [4.69, 9.17) is 4.74 Å². The summed E-state index contributed by atoms with van der Waals surface area (Å²) in [5, 5.41) is -0.676. The van der Waals surface area contributed by atoms with Gasteiger partial charge in [0.1, 0.15) is 0 Å². The van der Waals surface area contributed by atoms with Crippen molar-refractivity contribution in [2.45, 2.75) is 38.0 Å². The standard InChI is InChI=1S/C13H27N3O5S2/c1-12(2)14(3)23(19,20)16-6-4-5-13(11-16)22(17,18)15-7-9-21-10-8-15/h12-13H,4-11H2,1-3H3. The van der Waals surface area contributed by atoms with Crippen LogP contribution in [0.4, 0.5) is 0 Å². The van der Waals surface area contributed by atoms with E-state index < -0.39 is 25.5 Å². The van der Waals surface area contributed by atoms with E-state index in [1.54, 1.807) is 13.8 Å². The molecule has 2 aliphatic rings. The van der Waals surface area contributed by atoms with Crippen LogP contribution < -0.4 is 0 Å². The van der Waals surface area contributed by atoms with Crippen molar-refractivity contribution in [1.29, 1.82) is 0 Å². The lowest BCUT2D eigenvalue weighted by molar-refractivity contribution is 0.0722. The SMILES string of the molecule is CC(C)N(C)S(=O)(=O)N1CCCC(S(=O)(=O)N2CCOCC2)C1. The lowest BCUT2D eigenvalue weighted by atomic mass is 10.2. The van der Waals surface area contributed by atoms with Gasteiger partial charge in [0.05, 0.1) is 18.5 Å². The Bertz CT molecular complexity index is 599. The molecular weight excluding hydrogens is 342 g/mol. The molecule has 0 aliphatic carbocycles. The van der Waals surface area contributed by atoms with Crippen molar-refractivity contribution >= 4 is 20.2 Å². The Labute approximate surface area is 139 Å². The van der Waals surface area contributed by atoms with Gasteiger partial charge in [0, 0.05) is 39.3 Å². The van der Waals surface area contributed by atoms with Crippen molar-refractivity contribution in [3.05, 3.63) is 0 Å². The van der Waals surface area contributed by atoms with Gasteiger partial charge < -0.3 is 4.74 Å². The maximum atomic E-state index is 12.8. The van der Waals surface area contributed by atoms with Gasteiger partial charge in [0.2, 0.25) is 10.0 Å². The molecule has 0 bridgehead atoms. The van der Waals surface area contributed by atoms with Crippen molar-refractivity contribution < 1.29 is 21.6 Å². The molecule has 0 N–H and O–H groups in total. The molecule has 8 nitrogen and oxygen atoms in total. The summed E-state index contributed by atoms with van der Waals surface area (Å²) in [7, 11) is -5.59. The molecule has 0 amide bonds. The van der Waals surface area contributed by atoms with E-state index in [1.807, 2.05) is 0 Å². The fourth-order valence-electron chi connectivity index (χ4n) is 2.82. The fraction of sp³-hybridized carbons (Fsp3) is 1.00. The Balaban J connectivity index is 2.14. The minimum absolute atomic E-state index is 0.0269. The van der Waals surface area contributed by atoms with Gasteiger partial charge in [-0.2, -0.15) is 21.3 Å². The number of hydrogen-bond acceptors (Lipinski definition) is 5. The lowest BCUT2D eigenvalue weighted by Crippen LogP contribution is -2.54. The molecule has 136 valence electrons. The van der Waals surface area contributed by atoms with Crippen molar-refractivity contribution in [3.8, 4) is 0 Å². The zero-order valence-electron chi connectivity index (χ0n) is 14.0. The first-order valence-corrected chi connectivity index (χ1v) is 10.9. The number of ether oxygens (including phenoxy) is 1. The van der Waals surface area contributed by atoms with Crippen LogP contribution in [0.15, 0.2) is 0 Å². The molecule has 23 heavy (non-hydrogen) atoms. The van der Waals surface area contributed by atoms with Crippen molar-refractivity contribution in [2.75, 3.05) is 46.4 Å². The molecule has 1 atom stereocenters. The summed E-state index contributed by atoms with van der Waals surface area (Å²) in [6, 6.07) is -0.170. The van der Waals surface area contributed by atoms with Crippen LogP contribution in [0, 0.1) is 0 Å². The van der Waals surface area contributed by atoms with Gasteiger partial charge in [-0.05, 0) is 26.7 Å². The molecule has 0 aromatic rings. The van der Waals surface area contributed by atoms with Crippen LogP contribution in [0.1, 0.15) is 26.7 Å². The van der Waals surface area contributed by atoms with Crippen molar-refractivity contribution in [2.24, 2.45) is 0 Å². The summed E-state index contributed by atoms with van der Waals surface area (Å²) >= 11 is 0. The Morgan fingerprint density at radius 3 is 2.22 bits per heavy atom. The Kier molecular flexibility index (Phi) is 6.07. The van der Waals surface area contributed by atoms with Gasteiger partial charge in [-0.3, -0.25) is 0 Å². The molecular formula is C13H27N3O5S2. The lowest BCUT2D eigenvalue weighted by Gasteiger charge is -2.37. The molecule has 0 radical (unpaired) electrons. The number of sulfonamides is 1. The van der Waals surface area contributed by atoms with Gasteiger partial charge in [-0.1, -0.05) is 0 Å². The first-order chi connectivity index (χ1) is 10.7. The highest BCUT2D eigenvalue weighted by Crippen LogP contribution is 2.24. The average Bonchev–Trinajstić information content (AvgIpc) is 2.55. The van der Waals surface area contributed by atoms with E-state index in [2.05, 4.69) is 0 Å². The molecule has 2 aliphatic heterocycles. The third kappa shape index (κ3) is 4.05. The van der Waals surface area contributed by atoms with Crippen LogP contribution in [-0.2, 0) is 25.0 Å². The summed E-state index contributed by atoms with van der Waals surface area (Å²) in [5.74, 6) is 0. The largest absolute Gasteiger partial charge is 0.379 e. The molecule has 0 saturated carbocycles. The molecule has 2 fully saturated rings. The van der Waals surface area contributed by atoms with Gasteiger partial charge in [0.25, 0.3) is 10.2 Å². The normalized spacial score (nSPS) is 26.0. The molecule has 0 aromatic carbocycles. The highest BCUT2D eigenvalue weighted by Gasteiger charge is 2.40. The topological polar surface area (TPSA) is 87.2 Å². The van der Waals surface area contributed by atoms with E-state index in [0.29, 0.717) is 45.7 Å². The number of hydrogen-bond donors (Lipinski definition) is 0. The number of piperidine rings is 1. The van der Waals surface area contributed by atoms with Crippen LogP contribution in [0.2, 0.25) is 0 Å². The van der Waals surface area contributed by atoms with E-state index in [-0.39, 0.29) is 12.6 Å². The van der Waals surface area contributed by atoms with Crippen molar-refractivity contribution in [3.63, 3.8) is 0 Å². The Hall–Kier alpha value is -0.260. The predicted octanol–water partition coefficient (Wildman–Crippen LogP) is -0.302. The highest BCUT2D eigenvalue weighted by atomic mass is 32.2. The molecule has 0 aromatic heterocycles. The first-order valence-electron chi connectivity index (χ1n) is 7.97. The zero-order valence-corrected chi connectivity index (χ0v) is 15.6. The van der Waals surface area contributed by atoms with Crippen molar-refractivity contribution in [1.82, 2.24) is 12.9 Å². The van der Waals surface area contributed by atoms with Crippen LogP contribution in [0.5, 0.6) is 0 Å². The molecule has 0 spiro atoms. The van der Waals surface area contributed by atoms with E-state index in [9.17, 15) is 16.8 Å². The van der Waals surface area contributed by atoms with E-state index in [1.165, 1.54) is 20.0 Å². The second-order valence-corrected chi connectivity index (χ2v) is 10.5. The van der Waals surface area contributed by atoms with Crippen LogP contribution in [0.3, 0.4) is 0 Å². The summed E-state index contributed by atoms with van der Waals surface area (Å²) in [6.07, 6.45) is 1.05. The number of nitrogens with zero attached hydrogens (tertiary/aromatic N) is 3. The summed E-state index contributed by atoms with van der Waals surface area (Å²) in [4.78, 5) is 0. The van der Waals surface area contributed by atoms with Crippen LogP contribution in [-0.4, -0.2) is 87.5 Å². The maximum absolute atomic E-state index is 12.8. The smallest absolute Gasteiger partial charge is 0.281 e. The van der Waals surface area contributed by atoms with Crippen LogP contribution >= 0.6 is 0 Å². The Morgan fingerprint density at radius 1 is 1.04 bits per heavy atom.